The zero-order valence-electron chi connectivity index (χ0n) is 9.74. The lowest BCUT2D eigenvalue weighted by Gasteiger charge is -1.99. The fraction of sp³-hybridized carbons (Fsp3) is 0.143. The van der Waals surface area contributed by atoms with Crippen molar-refractivity contribution in [1.29, 1.82) is 0 Å². The average molecular weight is 240 g/mol. The van der Waals surface area contributed by atoms with Gasteiger partial charge in [-0.2, -0.15) is 0 Å². The molecule has 0 spiro atoms. The Morgan fingerprint density at radius 1 is 1.22 bits per heavy atom. The molecule has 0 saturated heterocycles. The van der Waals surface area contributed by atoms with Crippen LogP contribution >= 0.6 is 0 Å². The minimum absolute atomic E-state index is 0.303. The predicted molar refractivity (Wildman–Crippen MR) is 68.1 cm³/mol. The Morgan fingerprint density at radius 2 is 2.17 bits per heavy atom. The van der Waals surface area contributed by atoms with E-state index in [4.69, 9.17) is 9.47 Å². The molecule has 0 fully saturated rings. The van der Waals surface area contributed by atoms with Gasteiger partial charge in [-0.3, -0.25) is 9.98 Å². The van der Waals surface area contributed by atoms with Crippen LogP contribution in [0.3, 0.4) is 0 Å². The molecular weight excluding hydrogens is 228 g/mol. The van der Waals surface area contributed by atoms with Gasteiger partial charge in [-0.05, 0) is 23.8 Å². The third kappa shape index (κ3) is 2.32. The summed E-state index contributed by atoms with van der Waals surface area (Å²) in [6, 6.07) is 9.73. The minimum Gasteiger partial charge on any atom is -0.454 e. The molecule has 90 valence electrons. The van der Waals surface area contributed by atoms with E-state index in [0.717, 1.165) is 22.6 Å². The summed E-state index contributed by atoms with van der Waals surface area (Å²) in [7, 11) is 0. The molecule has 4 heteroatoms. The highest BCUT2D eigenvalue weighted by Gasteiger charge is 2.12. The molecule has 0 bridgehead atoms. The van der Waals surface area contributed by atoms with Crippen molar-refractivity contribution in [2.45, 2.75) is 6.54 Å². The molecule has 0 amide bonds. The lowest BCUT2D eigenvalue weighted by Crippen LogP contribution is -1.92. The van der Waals surface area contributed by atoms with Crippen molar-refractivity contribution >= 4 is 6.21 Å². The summed E-state index contributed by atoms with van der Waals surface area (Å²) in [5.41, 5.74) is 2.10. The molecule has 1 aliphatic rings. The zero-order valence-corrected chi connectivity index (χ0v) is 9.74. The van der Waals surface area contributed by atoms with Gasteiger partial charge >= 0.3 is 0 Å². The van der Waals surface area contributed by atoms with Crippen LogP contribution in [-0.4, -0.2) is 18.0 Å². The standard InChI is InChI=1S/C14H12N2O2/c1-2-12(8-15-5-1)9-16-7-11-3-4-13-14(6-11)18-10-17-13/h1-6,8-9H,7,10H2. The van der Waals surface area contributed by atoms with Crippen LogP contribution in [0.4, 0.5) is 0 Å². The van der Waals surface area contributed by atoms with Crippen LogP contribution in [0.1, 0.15) is 11.1 Å². The quantitative estimate of drug-likeness (QED) is 0.774. The van der Waals surface area contributed by atoms with E-state index in [1.54, 1.807) is 12.4 Å². The zero-order chi connectivity index (χ0) is 12.2. The van der Waals surface area contributed by atoms with Crippen LogP contribution in [0.5, 0.6) is 11.5 Å². The van der Waals surface area contributed by atoms with Crippen molar-refractivity contribution in [2.24, 2.45) is 4.99 Å². The van der Waals surface area contributed by atoms with Gasteiger partial charge in [-0.25, -0.2) is 0 Å². The van der Waals surface area contributed by atoms with Crippen molar-refractivity contribution in [2.75, 3.05) is 6.79 Å². The summed E-state index contributed by atoms with van der Waals surface area (Å²) in [4.78, 5) is 8.41. The second-order valence-electron chi connectivity index (χ2n) is 3.94. The van der Waals surface area contributed by atoms with Crippen LogP contribution in [0.25, 0.3) is 0 Å². The molecule has 0 radical (unpaired) electrons. The lowest BCUT2D eigenvalue weighted by molar-refractivity contribution is 0.174. The van der Waals surface area contributed by atoms with E-state index in [9.17, 15) is 0 Å². The number of hydrogen-bond donors (Lipinski definition) is 0. The molecule has 0 saturated carbocycles. The highest BCUT2D eigenvalue weighted by Crippen LogP contribution is 2.32. The van der Waals surface area contributed by atoms with Gasteiger partial charge in [0.2, 0.25) is 6.79 Å². The fourth-order valence-corrected chi connectivity index (χ4v) is 1.75. The lowest BCUT2D eigenvalue weighted by atomic mass is 10.2. The Hall–Kier alpha value is -2.36. The van der Waals surface area contributed by atoms with E-state index in [1.165, 1.54) is 0 Å². The molecule has 0 unspecified atom stereocenters. The summed E-state index contributed by atoms with van der Waals surface area (Å²) in [6.07, 6.45) is 5.34. The number of hydrogen-bond acceptors (Lipinski definition) is 4. The third-order valence-electron chi connectivity index (χ3n) is 2.64. The van der Waals surface area contributed by atoms with Crippen LogP contribution in [0.2, 0.25) is 0 Å². The Bertz CT molecular complexity index is 567. The number of rotatable bonds is 3. The Balaban J connectivity index is 1.68. The van der Waals surface area contributed by atoms with Gasteiger partial charge in [0.25, 0.3) is 0 Å². The maximum atomic E-state index is 5.32. The monoisotopic (exact) mass is 240 g/mol. The highest BCUT2D eigenvalue weighted by molar-refractivity contribution is 5.78. The third-order valence-corrected chi connectivity index (χ3v) is 2.64. The van der Waals surface area contributed by atoms with Crippen LogP contribution in [0.15, 0.2) is 47.7 Å². The van der Waals surface area contributed by atoms with E-state index >= 15 is 0 Å². The number of fused-ring (bicyclic) bond motifs is 1. The topological polar surface area (TPSA) is 43.7 Å². The molecule has 3 rings (SSSR count). The molecule has 0 atom stereocenters. The first-order valence-corrected chi connectivity index (χ1v) is 5.70. The first-order chi connectivity index (χ1) is 8.92. The Labute approximate surface area is 105 Å². The van der Waals surface area contributed by atoms with Gasteiger partial charge in [0.05, 0.1) is 6.54 Å². The van der Waals surface area contributed by atoms with Crippen molar-refractivity contribution < 1.29 is 9.47 Å². The van der Waals surface area contributed by atoms with Crippen LogP contribution < -0.4 is 9.47 Å². The summed E-state index contributed by atoms with van der Waals surface area (Å²) in [6.45, 7) is 0.920. The van der Waals surface area contributed by atoms with Crippen LogP contribution in [-0.2, 0) is 6.54 Å². The van der Waals surface area contributed by atoms with Gasteiger partial charge in [0, 0.05) is 24.2 Å². The summed E-state index contributed by atoms with van der Waals surface area (Å²) >= 11 is 0. The van der Waals surface area contributed by atoms with E-state index in [2.05, 4.69) is 9.98 Å². The highest BCUT2D eigenvalue weighted by atomic mass is 16.7. The van der Waals surface area contributed by atoms with Gasteiger partial charge < -0.3 is 9.47 Å². The molecule has 1 aromatic heterocycles. The molecule has 2 heterocycles. The molecular formula is C14H12N2O2. The van der Waals surface area contributed by atoms with Crippen molar-refractivity contribution in [1.82, 2.24) is 4.98 Å². The average Bonchev–Trinajstić information content (AvgIpc) is 2.87. The molecule has 0 N–H and O–H groups in total. The summed E-state index contributed by atoms with van der Waals surface area (Å²) < 4.78 is 10.6. The molecule has 1 aliphatic heterocycles. The van der Waals surface area contributed by atoms with Crippen molar-refractivity contribution in [3.63, 3.8) is 0 Å². The van der Waals surface area contributed by atoms with E-state index in [-0.39, 0.29) is 0 Å². The smallest absolute Gasteiger partial charge is 0.231 e. The first-order valence-electron chi connectivity index (χ1n) is 5.70. The molecule has 2 aromatic rings. The number of pyridine rings is 1. The Kier molecular flexibility index (Phi) is 2.92. The van der Waals surface area contributed by atoms with Crippen LogP contribution in [0, 0.1) is 0 Å². The maximum absolute atomic E-state index is 5.32. The van der Waals surface area contributed by atoms with Crippen molar-refractivity contribution in [3.05, 3.63) is 53.9 Å². The second-order valence-corrected chi connectivity index (χ2v) is 3.94. The van der Waals surface area contributed by atoms with E-state index < -0.39 is 0 Å². The molecule has 1 aromatic carbocycles. The number of nitrogens with zero attached hydrogens (tertiary/aromatic N) is 2. The largest absolute Gasteiger partial charge is 0.454 e. The number of ether oxygens (including phenoxy) is 2. The number of aromatic nitrogens is 1. The number of aliphatic imine (C=N–C) groups is 1. The number of benzene rings is 1. The Morgan fingerprint density at radius 3 is 3.06 bits per heavy atom. The van der Waals surface area contributed by atoms with E-state index in [0.29, 0.717) is 13.3 Å². The van der Waals surface area contributed by atoms with Gasteiger partial charge in [-0.15, -0.1) is 0 Å². The summed E-state index contributed by atoms with van der Waals surface area (Å²) in [5, 5.41) is 0. The van der Waals surface area contributed by atoms with Gasteiger partial charge in [0.1, 0.15) is 0 Å². The van der Waals surface area contributed by atoms with E-state index in [1.807, 2.05) is 36.5 Å². The van der Waals surface area contributed by atoms with Gasteiger partial charge in [0.15, 0.2) is 11.5 Å². The predicted octanol–water partition coefficient (Wildman–Crippen LogP) is 2.43. The normalized spacial score (nSPS) is 13.1. The summed E-state index contributed by atoms with van der Waals surface area (Å²) in [5.74, 6) is 1.60. The fourth-order valence-electron chi connectivity index (χ4n) is 1.75. The molecule has 0 aliphatic carbocycles. The molecule has 18 heavy (non-hydrogen) atoms. The molecule has 4 nitrogen and oxygen atoms in total. The first kappa shape index (κ1) is 10.8. The second kappa shape index (κ2) is 4.87. The SMILES string of the molecule is C(=NCc1ccc2c(c1)OCO2)c1cccnc1. The van der Waals surface area contributed by atoms with Crippen molar-refractivity contribution in [3.8, 4) is 11.5 Å². The maximum Gasteiger partial charge on any atom is 0.231 e. The minimum atomic E-state index is 0.303. The van der Waals surface area contributed by atoms with Gasteiger partial charge in [-0.1, -0.05) is 12.1 Å².